The van der Waals surface area contributed by atoms with E-state index in [0.717, 1.165) is 77.5 Å². The van der Waals surface area contributed by atoms with E-state index in [0.29, 0.717) is 46.1 Å². The molecule has 50 heavy (non-hydrogen) atoms. The van der Waals surface area contributed by atoms with Crippen molar-refractivity contribution >= 4 is 66.7 Å². The molecule has 0 spiro atoms. The van der Waals surface area contributed by atoms with Gasteiger partial charge in [0.1, 0.15) is 0 Å². The fourth-order valence-corrected chi connectivity index (χ4v) is 9.17. The molecule has 0 N–H and O–H groups in total. The van der Waals surface area contributed by atoms with Gasteiger partial charge in [0.15, 0.2) is 0 Å². The summed E-state index contributed by atoms with van der Waals surface area (Å²) in [4.78, 5) is 60.9. The van der Waals surface area contributed by atoms with Gasteiger partial charge in [0.05, 0.1) is 0 Å². The van der Waals surface area contributed by atoms with Crippen LogP contribution >= 0.6 is 0 Å². The number of carbonyl (C=O) groups is 4. The van der Waals surface area contributed by atoms with Crippen molar-refractivity contribution in [2.24, 2.45) is 5.92 Å². The number of hydrogen-bond donors (Lipinski definition) is 0. The molecule has 1 saturated heterocycles. The highest BCUT2D eigenvalue weighted by Crippen LogP contribution is 2.46. The molecule has 0 aliphatic carbocycles. The number of nitrogens with zero attached hydrogens (tertiary/aromatic N) is 3. The van der Waals surface area contributed by atoms with E-state index in [2.05, 4.69) is 18.9 Å². The summed E-state index contributed by atoms with van der Waals surface area (Å²) in [6.45, 7) is 5.03. The van der Waals surface area contributed by atoms with E-state index in [1.54, 1.807) is 0 Å². The fraction of sp³-hybridized carbons (Fsp3) is 0.442. The highest BCUT2D eigenvalue weighted by atomic mass is 16.2. The van der Waals surface area contributed by atoms with Gasteiger partial charge in [-0.1, -0.05) is 89.0 Å². The predicted octanol–water partition coefficient (Wildman–Crippen LogP) is 9.19. The van der Waals surface area contributed by atoms with Gasteiger partial charge in [0.25, 0.3) is 23.6 Å². The molecule has 3 heterocycles. The molecule has 1 fully saturated rings. The minimum absolute atomic E-state index is 0.224. The molecule has 7 heteroatoms. The van der Waals surface area contributed by atoms with E-state index in [1.165, 1.54) is 54.7 Å². The Hall–Kier alpha value is -4.36. The largest absolute Gasteiger partial charge is 0.306 e. The molecule has 258 valence electrons. The van der Waals surface area contributed by atoms with E-state index < -0.39 is 0 Å². The van der Waals surface area contributed by atoms with Crippen LogP contribution in [0, 0.1) is 5.92 Å². The van der Waals surface area contributed by atoms with Crippen molar-refractivity contribution in [2.75, 3.05) is 33.2 Å². The Morgan fingerprint density at radius 1 is 0.540 bits per heavy atom. The van der Waals surface area contributed by atoms with Crippen LogP contribution in [-0.2, 0) is 0 Å². The van der Waals surface area contributed by atoms with E-state index in [1.807, 2.05) is 48.5 Å². The van der Waals surface area contributed by atoms with Crippen molar-refractivity contribution in [2.45, 2.75) is 84.0 Å². The fourth-order valence-electron chi connectivity index (χ4n) is 9.17. The molecule has 8 rings (SSSR count). The minimum atomic E-state index is -0.228. The quantitative estimate of drug-likeness (QED) is 0.0541. The summed E-state index contributed by atoms with van der Waals surface area (Å²) < 4.78 is 0. The van der Waals surface area contributed by atoms with E-state index in [9.17, 15) is 19.2 Å². The van der Waals surface area contributed by atoms with Crippen molar-refractivity contribution in [3.63, 3.8) is 0 Å². The number of rotatable bonds is 13. The third-order valence-electron chi connectivity index (χ3n) is 11.7. The van der Waals surface area contributed by atoms with Crippen LogP contribution in [0.3, 0.4) is 0 Å². The van der Waals surface area contributed by atoms with Gasteiger partial charge in [-0.25, -0.2) is 0 Å². The molecule has 3 aliphatic rings. The van der Waals surface area contributed by atoms with E-state index >= 15 is 0 Å². The number of carbonyl (C=O) groups excluding carboxylic acids is 4. The molecule has 4 amide bonds. The highest BCUT2D eigenvalue weighted by molar-refractivity contribution is 6.41. The summed E-state index contributed by atoms with van der Waals surface area (Å²) in [5.74, 6) is -0.639. The molecule has 0 aromatic heterocycles. The number of likely N-dealkylation sites (tertiary alicyclic amines) is 1. The maximum atomic E-state index is 14.0. The topological polar surface area (TPSA) is 78.0 Å². The zero-order valence-corrected chi connectivity index (χ0v) is 29.5. The molecule has 5 aromatic rings. The van der Waals surface area contributed by atoms with Gasteiger partial charge in [-0.05, 0) is 95.4 Å². The lowest BCUT2D eigenvalue weighted by molar-refractivity contribution is 0.0551. The normalized spacial score (nSPS) is 18.2. The molecule has 5 aromatic carbocycles. The highest BCUT2D eigenvalue weighted by Gasteiger charge is 2.37. The summed E-state index contributed by atoms with van der Waals surface area (Å²) in [5, 5.41) is 6.91. The second-order valence-corrected chi connectivity index (χ2v) is 15.1. The van der Waals surface area contributed by atoms with Gasteiger partial charge in [-0.3, -0.25) is 29.0 Å². The Balaban J connectivity index is 1.09. The van der Waals surface area contributed by atoms with Crippen LogP contribution in [0.4, 0.5) is 0 Å². The second-order valence-electron chi connectivity index (χ2n) is 15.1. The number of benzene rings is 5. The summed E-state index contributed by atoms with van der Waals surface area (Å²) in [6.07, 6.45) is 14.0. The second kappa shape index (κ2) is 13.4. The Kier molecular flexibility index (Phi) is 8.80. The van der Waals surface area contributed by atoms with Crippen molar-refractivity contribution in [3.8, 4) is 0 Å². The monoisotopic (exact) mass is 669 g/mol. The predicted molar refractivity (Wildman–Crippen MR) is 200 cm³/mol. The molecular weight excluding hydrogens is 622 g/mol. The zero-order chi connectivity index (χ0) is 34.5. The van der Waals surface area contributed by atoms with Crippen LogP contribution in [0.5, 0.6) is 0 Å². The number of imide groups is 2. The maximum absolute atomic E-state index is 14.0. The van der Waals surface area contributed by atoms with E-state index in [-0.39, 0.29) is 29.5 Å². The number of unbranched alkanes of at least 4 members (excludes halogenated alkanes) is 9. The van der Waals surface area contributed by atoms with Crippen LogP contribution in [0.25, 0.3) is 43.1 Å². The molecule has 3 aliphatic heterocycles. The van der Waals surface area contributed by atoms with Crippen LogP contribution in [0.15, 0.2) is 48.5 Å². The average Bonchev–Trinajstić information content (AvgIpc) is 3.12. The zero-order valence-electron chi connectivity index (χ0n) is 29.5. The van der Waals surface area contributed by atoms with Gasteiger partial charge < -0.3 is 4.90 Å². The van der Waals surface area contributed by atoms with Crippen LogP contribution in [-0.4, -0.2) is 71.6 Å². The van der Waals surface area contributed by atoms with Crippen molar-refractivity contribution in [3.05, 3.63) is 70.8 Å². The first-order valence-electron chi connectivity index (χ1n) is 19.0. The Bertz CT molecular complexity index is 2050. The van der Waals surface area contributed by atoms with Gasteiger partial charge in [0, 0.05) is 52.7 Å². The van der Waals surface area contributed by atoms with Crippen molar-refractivity contribution < 1.29 is 19.2 Å². The third kappa shape index (κ3) is 5.36. The van der Waals surface area contributed by atoms with Gasteiger partial charge in [0.2, 0.25) is 0 Å². The number of piperidine rings is 1. The summed E-state index contributed by atoms with van der Waals surface area (Å²) in [7, 11) is 2.10. The van der Waals surface area contributed by atoms with Crippen molar-refractivity contribution in [1.82, 2.24) is 14.7 Å². The van der Waals surface area contributed by atoms with Gasteiger partial charge in [-0.2, -0.15) is 0 Å². The molecule has 1 atom stereocenters. The lowest BCUT2D eigenvalue weighted by Crippen LogP contribution is -2.46. The summed E-state index contributed by atoms with van der Waals surface area (Å²) >= 11 is 0. The lowest BCUT2D eigenvalue weighted by atomic mass is 9.82. The van der Waals surface area contributed by atoms with Crippen LogP contribution < -0.4 is 0 Å². The minimum Gasteiger partial charge on any atom is -0.306 e. The standard InChI is InChI=1S/C43H47N3O4/c1-3-4-5-6-7-8-9-10-11-12-24-45-40(47)32-19-15-28-30-17-21-34-39-35(43(50)46(42(34)49)26-27-14-13-23-44(2)25-27)22-18-31(37(30)39)29-16-20-33(41(45)48)38(32)36(28)29/h15-22,27H,3-14,23-26H2,1-2H3. The van der Waals surface area contributed by atoms with Gasteiger partial charge in [-0.15, -0.1) is 0 Å². The molecule has 1 unspecified atom stereocenters. The Morgan fingerprint density at radius 2 is 0.960 bits per heavy atom. The summed E-state index contributed by atoms with van der Waals surface area (Å²) in [5.41, 5.74) is 2.25. The Labute approximate surface area is 293 Å². The first-order valence-corrected chi connectivity index (χ1v) is 19.0. The Morgan fingerprint density at radius 3 is 1.40 bits per heavy atom. The molecular formula is C43H47N3O4. The lowest BCUT2D eigenvalue weighted by Gasteiger charge is -2.35. The number of amides is 4. The average molecular weight is 670 g/mol. The molecule has 0 saturated carbocycles. The number of fused-ring (bicyclic) bond motifs is 2. The smallest absolute Gasteiger partial charge is 0.261 e. The van der Waals surface area contributed by atoms with Crippen molar-refractivity contribution in [1.29, 1.82) is 0 Å². The molecule has 0 bridgehead atoms. The van der Waals surface area contributed by atoms with E-state index in [4.69, 9.17) is 0 Å². The number of hydrogen-bond acceptors (Lipinski definition) is 5. The van der Waals surface area contributed by atoms with Crippen LogP contribution in [0.2, 0.25) is 0 Å². The van der Waals surface area contributed by atoms with Gasteiger partial charge >= 0.3 is 0 Å². The molecule has 0 radical (unpaired) electrons. The van der Waals surface area contributed by atoms with Crippen LogP contribution in [0.1, 0.15) is 125 Å². The molecule has 7 nitrogen and oxygen atoms in total. The first kappa shape index (κ1) is 32.8. The first-order chi connectivity index (χ1) is 24.4. The third-order valence-corrected chi connectivity index (χ3v) is 11.7. The summed E-state index contributed by atoms with van der Waals surface area (Å²) in [6, 6.07) is 15.4. The SMILES string of the molecule is CCCCCCCCCCCCN1C(=O)c2ccc3c4ccc5c6c(ccc(c7ccc(c2c37)C1=O)c64)C(=O)N(CC1CCCN(C)C1)C5=O. The maximum Gasteiger partial charge on any atom is 0.261 e.